The van der Waals surface area contributed by atoms with Crippen molar-refractivity contribution in [2.45, 2.75) is 40.2 Å². The van der Waals surface area contributed by atoms with Gasteiger partial charge in [-0.1, -0.05) is 13.8 Å². The second kappa shape index (κ2) is 5.49. The van der Waals surface area contributed by atoms with Gasteiger partial charge in [-0.2, -0.15) is 0 Å². The number of nitrogens with zero attached hydrogens (tertiary/aromatic N) is 1. The molecule has 2 nitrogen and oxygen atoms in total. The van der Waals surface area contributed by atoms with Crippen molar-refractivity contribution in [1.82, 2.24) is 0 Å². The molecule has 1 heterocycles. The molecule has 1 aliphatic rings. The Labute approximate surface area is 115 Å². The van der Waals surface area contributed by atoms with Gasteiger partial charge in [-0.15, -0.1) is 0 Å². The first-order valence-electron chi connectivity index (χ1n) is 7.13. The van der Waals surface area contributed by atoms with Crippen LogP contribution in [-0.2, 0) is 0 Å². The molecule has 1 aromatic carbocycles. The molecular formula is C16H24FNO. The molecule has 0 bridgehead atoms. The van der Waals surface area contributed by atoms with E-state index in [2.05, 4.69) is 18.7 Å². The van der Waals surface area contributed by atoms with Gasteiger partial charge in [-0.3, -0.25) is 0 Å². The molecule has 1 saturated heterocycles. The van der Waals surface area contributed by atoms with Crippen LogP contribution in [0.4, 0.5) is 10.1 Å². The second-order valence-corrected chi connectivity index (χ2v) is 6.03. The van der Waals surface area contributed by atoms with Gasteiger partial charge in [0.1, 0.15) is 5.82 Å². The topological polar surface area (TPSA) is 23.5 Å². The van der Waals surface area contributed by atoms with E-state index in [9.17, 15) is 9.50 Å². The van der Waals surface area contributed by atoms with Crippen molar-refractivity contribution >= 4 is 5.69 Å². The number of benzene rings is 1. The maximum absolute atomic E-state index is 13.7. The Bertz CT molecular complexity index is 458. The first-order chi connectivity index (χ1) is 8.90. The summed E-state index contributed by atoms with van der Waals surface area (Å²) in [6.07, 6.45) is 0.511. The van der Waals surface area contributed by atoms with Crippen LogP contribution < -0.4 is 4.90 Å². The Morgan fingerprint density at radius 3 is 2.58 bits per heavy atom. The third kappa shape index (κ3) is 2.92. The molecule has 106 valence electrons. The first kappa shape index (κ1) is 14.3. The quantitative estimate of drug-likeness (QED) is 0.882. The lowest BCUT2D eigenvalue weighted by Crippen LogP contribution is -2.39. The van der Waals surface area contributed by atoms with Crippen LogP contribution in [0.15, 0.2) is 12.1 Å². The van der Waals surface area contributed by atoms with Gasteiger partial charge in [0.05, 0.1) is 6.10 Å². The van der Waals surface area contributed by atoms with E-state index in [1.807, 2.05) is 6.07 Å². The number of aryl methyl sites for hydroxylation is 1. The summed E-state index contributed by atoms with van der Waals surface area (Å²) in [5, 5.41) is 9.88. The highest BCUT2D eigenvalue weighted by Crippen LogP contribution is 2.33. The lowest BCUT2D eigenvalue weighted by Gasteiger charge is -2.38. The fourth-order valence-corrected chi connectivity index (χ4v) is 2.77. The fourth-order valence-electron chi connectivity index (χ4n) is 2.77. The van der Waals surface area contributed by atoms with Gasteiger partial charge in [0.25, 0.3) is 0 Å². The average molecular weight is 265 g/mol. The van der Waals surface area contributed by atoms with Crippen molar-refractivity contribution in [1.29, 1.82) is 0 Å². The van der Waals surface area contributed by atoms with Crippen molar-refractivity contribution in [2.75, 3.05) is 18.0 Å². The highest BCUT2D eigenvalue weighted by atomic mass is 19.1. The van der Waals surface area contributed by atoms with Gasteiger partial charge in [0.15, 0.2) is 0 Å². The zero-order chi connectivity index (χ0) is 14.2. The Kier molecular flexibility index (Phi) is 4.14. The first-order valence-corrected chi connectivity index (χ1v) is 7.13. The van der Waals surface area contributed by atoms with E-state index in [1.54, 1.807) is 13.8 Å². The molecular weight excluding hydrogens is 241 g/mol. The maximum Gasteiger partial charge on any atom is 0.126 e. The molecule has 0 saturated carbocycles. The standard InChI is InChI=1S/C16H24FNO/c1-10-5-6-18(9-12(10)3)16-7-11(2)15(17)8-14(16)13(4)19/h7-8,10,12-13,19H,5-6,9H2,1-4H3/t10?,12?,13-/m1/s1. The molecule has 0 radical (unpaired) electrons. The third-order valence-electron chi connectivity index (χ3n) is 4.43. The summed E-state index contributed by atoms with van der Waals surface area (Å²) in [6, 6.07) is 3.36. The van der Waals surface area contributed by atoms with Crippen LogP contribution in [0.2, 0.25) is 0 Å². The van der Waals surface area contributed by atoms with Crippen LogP contribution in [0, 0.1) is 24.6 Å². The highest BCUT2D eigenvalue weighted by molar-refractivity contribution is 5.57. The van der Waals surface area contributed by atoms with Gasteiger partial charge >= 0.3 is 0 Å². The molecule has 1 aromatic rings. The number of rotatable bonds is 2. The molecule has 0 amide bonds. The van der Waals surface area contributed by atoms with Gasteiger partial charge in [-0.05, 0) is 49.8 Å². The summed E-state index contributed by atoms with van der Waals surface area (Å²) in [4.78, 5) is 2.29. The van der Waals surface area contributed by atoms with Gasteiger partial charge in [0.2, 0.25) is 0 Å². The summed E-state index contributed by atoms with van der Waals surface area (Å²) in [7, 11) is 0. The highest BCUT2D eigenvalue weighted by Gasteiger charge is 2.25. The van der Waals surface area contributed by atoms with E-state index < -0.39 is 6.10 Å². The Balaban J connectivity index is 2.35. The van der Waals surface area contributed by atoms with Gasteiger partial charge in [0, 0.05) is 24.3 Å². The molecule has 0 spiro atoms. The van der Waals surface area contributed by atoms with Crippen LogP contribution in [-0.4, -0.2) is 18.2 Å². The molecule has 1 aliphatic heterocycles. The van der Waals surface area contributed by atoms with E-state index in [0.29, 0.717) is 17.0 Å². The van der Waals surface area contributed by atoms with E-state index in [-0.39, 0.29) is 5.82 Å². The normalized spacial score (nSPS) is 25.5. The maximum atomic E-state index is 13.7. The summed E-state index contributed by atoms with van der Waals surface area (Å²) >= 11 is 0. The van der Waals surface area contributed by atoms with E-state index in [0.717, 1.165) is 31.1 Å². The minimum Gasteiger partial charge on any atom is -0.389 e. The van der Waals surface area contributed by atoms with Crippen molar-refractivity contribution in [3.8, 4) is 0 Å². The van der Waals surface area contributed by atoms with Gasteiger partial charge < -0.3 is 10.0 Å². The molecule has 2 unspecified atom stereocenters. The molecule has 1 fully saturated rings. The zero-order valence-corrected chi connectivity index (χ0v) is 12.3. The number of aliphatic hydroxyl groups is 1. The molecule has 0 aliphatic carbocycles. The van der Waals surface area contributed by atoms with Crippen molar-refractivity contribution in [3.63, 3.8) is 0 Å². The molecule has 19 heavy (non-hydrogen) atoms. The van der Waals surface area contributed by atoms with Crippen molar-refractivity contribution in [3.05, 3.63) is 29.1 Å². The number of hydrogen-bond acceptors (Lipinski definition) is 2. The predicted molar refractivity (Wildman–Crippen MR) is 76.9 cm³/mol. The fraction of sp³-hybridized carbons (Fsp3) is 0.625. The van der Waals surface area contributed by atoms with Gasteiger partial charge in [-0.25, -0.2) is 4.39 Å². The van der Waals surface area contributed by atoms with E-state index in [1.165, 1.54) is 6.07 Å². The largest absolute Gasteiger partial charge is 0.389 e. The van der Waals surface area contributed by atoms with Crippen LogP contribution in [0.25, 0.3) is 0 Å². The summed E-state index contributed by atoms with van der Waals surface area (Å²) in [6.45, 7) is 9.98. The molecule has 0 aromatic heterocycles. The van der Waals surface area contributed by atoms with Crippen LogP contribution >= 0.6 is 0 Å². The molecule has 3 heteroatoms. The lowest BCUT2D eigenvalue weighted by atomic mass is 9.88. The SMILES string of the molecule is Cc1cc(N2CCC(C)C(C)C2)c([C@@H](C)O)cc1F. The summed E-state index contributed by atoms with van der Waals surface area (Å²) < 4.78 is 13.7. The van der Waals surface area contributed by atoms with E-state index >= 15 is 0 Å². The molecule has 3 atom stereocenters. The minimum absolute atomic E-state index is 0.238. The molecule has 1 N–H and O–H groups in total. The Hall–Kier alpha value is -1.09. The number of anilines is 1. The smallest absolute Gasteiger partial charge is 0.126 e. The summed E-state index contributed by atoms with van der Waals surface area (Å²) in [5.41, 5.74) is 2.34. The number of aliphatic hydroxyl groups excluding tert-OH is 1. The van der Waals surface area contributed by atoms with E-state index in [4.69, 9.17) is 0 Å². The zero-order valence-electron chi connectivity index (χ0n) is 12.3. The third-order valence-corrected chi connectivity index (χ3v) is 4.43. The second-order valence-electron chi connectivity index (χ2n) is 6.03. The predicted octanol–water partition coefficient (Wildman–Crippen LogP) is 3.67. The van der Waals surface area contributed by atoms with Crippen LogP contribution in [0.5, 0.6) is 0 Å². The number of hydrogen-bond donors (Lipinski definition) is 1. The minimum atomic E-state index is -0.639. The Morgan fingerprint density at radius 2 is 2.00 bits per heavy atom. The Morgan fingerprint density at radius 1 is 1.32 bits per heavy atom. The number of halogens is 1. The average Bonchev–Trinajstić information content (AvgIpc) is 2.35. The number of piperidine rings is 1. The van der Waals surface area contributed by atoms with Crippen molar-refractivity contribution in [2.24, 2.45) is 11.8 Å². The summed E-state index contributed by atoms with van der Waals surface area (Å²) in [5.74, 6) is 1.12. The van der Waals surface area contributed by atoms with Crippen LogP contribution in [0.1, 0.15) is 44.4 Å². The monoisotopic (exact) mass is 265 g/mol. The van der Waals surface area contributed by atoms with Crippen LogP contribution in [0.3, 0.4) is 0 Å². The lowest BCUT2D eigenvalue weighted by molar-refractivity contribution is 0.198. The molecule has 2 rings (SSSR count). The van der Waals surface area contributed by atoms with Crippen molar-refractivity contribution < 1.29 is 9.50 Å².